The molecule has 1 aromatic carbocycles. The first-order valence-electron chi connectivity index (χ1n) is 6.94. The Hall–Kier alpha value is -0.550. The van der Waals surface area contributed by atoms with Gasteiger partial charge in [0.1, 0.15) is 5.75 Å². The summed E-state index contributed by atoms with van der Waals surface area (Å²) in [7, 11) is -3.18. The zero-order chi connectivity index (χ0) is 14.6. The molecule has 0 N–H and O–H groups in total. The molecular formula is C15H21BrO3S. The molecule has 0 heterocycles. The summed E-state index contributed by atoms with van der Waals surface area (Å²) < 4.78 is 29.0. The summed E-state index contributed by atoms with van der Waals surface area (Å²) >= 11 is 3.61. The summed E-state index contributed by atoms with van der Waals surface area (Å²) in [5.41, 5.74) is 0.194. The highest BCUT2D eigenvalue weighted by atomic mass is 79.9. The molecule has 112 valence electrons. The minimum atomic E-state index is -3.18. The van der Waals surface area contributed by atoms with Gasteiger partial charge in [0.05, 0.1) is 11.5 Å². The second-order valence-electron chi connectivity index (χ2n) is 5.73. The van der Waals surface area contributed by atoms with Crippen molar-refractivity contribution in [1.82, 2.24) is 0 Å². The highest BCUT2D eigenvalue weighted by Crippen LogP contribution is 2.38. The highest BCUT2D eigenvalue weighted by Gasteiger charge is 2.31. The molecule has 1 aliphatic rings. The molecule has 2 rings (SSSR count). The van der Waals surface area contributed by atoms with E-state index in [9.17, 15) is 8.42 Å². The summed E-state index contributed by atoms with van der Waals surface area (Å²) in [5.74, 6) is 0.638. The summed E-state index contributed by atoms with van der Waals surface area (Å²) in [5, 5.41) is 0.936. The van der Waals surface area contributed by atoms with E-state index in [2.05, 4.69) is 15.9 Å². The molecule has 1 fully saturated rings. The second-order valence-corrected chi connectivity index (χ2v) is 8.31. The van der Waals surface area contributed by atoms with Crippen molar-refractivity contribution in [2.24, 2.45) is 5.41 Å². The van der Waals surface area contributed by atoms with Crippen LogP contribution in [0.2, 0.25) is 0 Å². The highest BCUT2D eigenvalue weighted by molar-refractivity contribution is 9.09. The molecule has 0 bridgehead atoms. The summed E-state index contributed by atoms with van der Waals surface area (Å²) in [4.78, 5) is 0.312. The summed E-state index contributed by atoms with van der Waals surface area (Å²) in [6.45, 7) is 0.644. The molecule has 1 aliphatic carbocycles. The van der Waals surface area contributed by atoms with E-state index in [0.29, 0.717) is 17.3 Å². The molecule has 0 spiro atoms. The first-order chi connectivity index (χ1) is 9.45. The van der Waals surface area contributed by atoms with E-state index in [1.807, 2.05) is 6.07 Å². The number of rotatable bonds is 5. The van der Waals surface area contributed by atoms with Crippen molar-refractivity contribution >= 4 is 25.8 Å². The fraction of sp³-hybridized carbons (Fsp3) is 0.600. The lowest BCUT2D eigenvalue weighted by Gasteiger charge is -2.35. The van der Waals surface area contributed by atoms with Crippen LogP contribution in [0, 0.1) is 5.41 Å². The number of ether oxygens (including phenoxy) is 1. The average Bonchev–Trinajstić information content (AvgIpc) is 2.46. The van der Waals surface area contributed by atoms with Crippen LogP contribution < -0.4 is 4.74 Å². The molecule has 5 heteroatoms. The van der Waals surface area contributed by atoms with Gasteiger partial charge in [-0.3, -0.25) is 0 Å². The van der Waals surface area contributed by atoms with E-state index in [0.717, 1.165) is 5.33 Å². The first kappa shape index (κ1) is 15.8. The van der Waals surface area contributed by atoms with E-state index in [-0.39, 0.29) is 5.41 Å². The van der Waals surface area contributed by atoms with Crippen LogP contribution in [0.15, 0.2) is 29.2 Å². The van der Waals surface area contributed by atoms with Crippen LogP contribution in [0.5, 0.6) is 5.75 Å². The third-order valence-electron chi connectivity index (χ3n) is 3.98. The van der Waals surface area contributed by atoms with Gasteiger partial charge in [-0.1, -0.05) is 41.3 Å². The zero-order valence-corrected chi connectivity index (χ0v) is 14.2. The molecule has 20 heavy (non-hydrogen) atoms. The fourth-order valence-corrected chi connectivity index (χ4v) is 4.03. The molecule has 3 nitrogen and oxygen atoms in total. The third kappa shape index (κ3) is 3.98. The van der Waals surface area contributed by atoms with E-state index in [4.69, 9.17) is 4.74 Å². The van der Waals surface area contributed by atoms with Crippen molar-refractivity contribution in [3.63, 3.8) is 0 Å². The van der Waals surface area contributed by atoms with Crippen LogP contribution in [-0.4, -0.2) is 26.6 Å². The molecule has 0 unspecified atom stereocenters. The van der Waals surface area contributed by atoms with Gasteiger partial charge in [0.2, 0.25) is 0 Å². The Labute approximate surface area is 129 Å². The monoisotopic (exact) mass is 360 g/mol. The molecule has 0 amide bonds. The minimum Gasteiger partial charge on any atom is -0.493 e. The number of sulfone groups is 1. The third-order valence-corrected chi connectivity index (χ3v) is 6.28. The van der Waals surface area contributed by atoms with Gasteiger partial charge >= 0.3 is 0 Å². The number of hydrogen-bond donors (Lipinski definition) is 0. The van der Waals surface area contributed by atoms with Crippen molar-refractivity contribution in [3.8, 4) is 5.75 Å². The maximum Gasteiger partial charge on any atom is 0.175 e. The van der Waals surface area contributed by atoms with Crippen molar-refractivity contribution in [1.29, 1.82) is 0 Å². The maximum atomic E-state index is 11.5. The van der Waals surface area contributed by atoms with Crippen molar-refractivity contribution in [2.75, 3.05) is 18.2 Å². The predicted molar refractivity (Wildman–Crippen MR) is 84.4 cm³/mol. The number of alkyl halides is 1. The Morgan fingerprint density at radius 2 is 1.95 bits per heavy atom. The number of hydrogen-bond acceptors (Lipinski definition) is 3. The smallest absolute Gasteiger partial charge is 0.175 e. The predicted octanol–water partition coefficient (Wildman–Crippen LogP) is 3.81. The van der Waals surface area contributed by atoms with Gasteiger partial charge in [0.15, 0.2) is 9.84 Å². The van der Waals surface area contributed by atoms with E-state index >= 15 is 0 Å². The van der Waals surface area contributed by atoms with Gasteiger partial charge in [0.25, 0.3) is 0 Å². The van der Waals surface area contributed by atoms with Crippen molar-refractivity contribution in [3.05, 3.63) is 24.3 Å². The second kappa shape index (κ2) is 6.48. The summed E-state index contributed by atoms with van der Waals surface area (Å²) in [6.07, 6.45) is 7.36. The summed E-state index contributed by atoms with van der Waals surface area (Å²) in [6, 6.07) is 6.76. The van der Waals surface area contributed by atoms with Gasteiger partial charge in [-0.25, -0.2) is 8.42 Å². The van der Waals surface area contributed by atoms with Crippen molar-refractivity contribution in [2.45, 2.75) is 37.0 Å². The van der Waals surface area contributed by atoms with E-state index in [1.165, 1.54) is 38.4 Å². The number of benzene rings is 1. The molecule has 0 aromatic heterocycles. The Morgan fingerprint density at radius 3 is 2.55 bits per heavy atom. The quantitative estimate of drug-likeness (QED) is 0.749. The molecule has 1 saturated carbocycles. The fourth-order valence-electron chi connectivity index (χ4n) is 2.65. The minimum absolute atomic E-state index is 0.194. The van der Waals surface area contributed by atoms with Crippen LogP contribution in [0.3, 0.4) is 0 Å². The Balaban J connectivity index is 2.07. The zero-order valence-electron chi connectivity index (χ0n) is 11.8. The van der Waals surface area contributed by atoms with Gasteiger partial charge in [0, 0.05) is 17.0 Å². The van der Waals surface area contributed by atoms with Crippen LogP contribution in [-0.2, 0) is 9.84 Å². The molecule has 0 radical (unpaired) electrons. The van der Waals surface area contributed by atoms with Crippen LogP contribution in [0.25, 0.3) is 0 Å². The molecule has 0 atom stereocenters. The Bertz CT molecular complexity index is 548. The van der Waals surface area contributed by atoms with Gasteiger partial charge < -0.3 is 4.74 Å². The van der Waals surface area contributed by atoms with Gasteiger partial charge in [-0.05, 0) is 31.0 Å². The standard InChI is InChI=1S/C15H21BrO3S/c1-20(17,18)14-7-5-6-13(10-14)19-12-15(11-16)8-3-2-4-9-15/h5-7,10H,2-4,8-9,11-12H2,1H3. The van der Waals surface area contributed by atoms with Crippen LogP contribution in [0.4, 0.5) is 0 Å². The lowest BCUT2D eigenvalue weighted by Crippen LogP contribution is -2.32. The lowest BCUT2D eigenvalue weighted by atomic mass is 9.76. The molecule has 0 aliphatic heterocycles. The average molecular weight is 361 g/mol. The molecule has 0 saturated heterocycles. The Kier molecular flexibility index (Phi) is 5.13. The topological polar surface area (TPSA) is 43.4 Å². The van der Waals surface area contributed by atoms with Crippen LogP contribution in [0.1, 0.15) is 32.1 Å². The van der Waals surface area contributed by atoms with Gasteiger partial charge in [-0.2, -0.15) is 0 Å². The van der Waals surface area contributed by atoms with Crippen molar-refractivity contribution < 1.29 is 13.2 Å². The van der Waals surface area contributed by atoms with Crippen LogP contribution >= 0.6 is 15.9 Å². The van der Waals surface area contributed by atoms with E-state index in [1.54, 1.807) is 18.2 Å². The Morgan fingerprint density at radius 1 is 1.25 bits per heavy atom. The van der Waals surface area contributed by atoms with E-state index < -0.39 is 9.84 Å². The first-order valence-corrected chi connectivity index (χ1v) is 9.95. The van der Waals surface area contributed by atoms with Gasteiger partial charge in [-0.15, -0.1) is 0 Å². The lowest BCUT2D eigenvalue weighted by molar-refractivity contribution is 0.121. The molecule has 1 aromatic rings. The maximum absolute atomic E-state index is 11.5. The SMILES string of the molecule is CS(=O)(=O)c1cccc(OCC2(CBr)CCCCC2)c1. The largest absolute Gasteiger partial charge is 0.493 e. The normalized spacial score (nSPS) is 18.7. The number of halogens is 1. The molecular weight excluding hydrogens is 340 g/mol.